The van der Waals surface area contributed by atoms with Gasteiger partial charge >= 0.3 is 12.1 Å². The number of nitrogens with one attached hydrogen (secondary N) is 1. The molecule has 0 aromatic rings. The van der Waals surface area contributed by atoms with E-state index in [0.717, 1.165) is 0 Å². The summed E-state index contributed by atoms with van der Waals surface area (Å²) in [6.45, 7) is 10.0. The molecule has 5 nitrogen and oxygen atoms in total. The van der Waals surface area contributed by atoms with Gasteiger partial charge in [0.1, 0.15) is 24.4 Å². The number of amides is 1. The molecule has 0 bridgehead atoms. The van der Waals surface area contributed by atoms with Crippen LogP contribution in [0.3, 0.4) is 0 Å². The Balaban J connectivity index is 2.64. The second-order valence-corrected chi connectivity index (χ2v) is 13.2. The zero-order valence-corrected chi connectivity index (χ0v) is 18.9. The van der Waals surface area contributed by atoms with Crippen LogP contribution in [0.5, 0.6) is 0 Å². The number of hydrogen-bond donors (Lipinski definition) is 1. The van der Waals surface area contributed by atoms with Gasteiger partial charge in [0.15, 0.2) is 8.32 Å². The molecular weight excluding hydrogens is 433 g/mol. The van der Waals surface area contributed by atoms with E-state index in [1.165, 1.54) is 0 Å². The first-order valence-electron chi connectivity index (χ1n) is 9.12. The molecule has 1 amide bonds. The van der Waals surface area contributed by atoms with Crippen LogP contribution in [0, 0.1) is 11.7 Å². The highest BCUT2D eigenvalue weighted by molar-refractivity contribution is 6.74. The summed E-state index contributed by atoms with van der Waals surface area (Å²) in [5.41, 5.74) is 0. The van der Waals surface area contributed by atoms with E-state index in [1.807, 2.05) is 0 Å². The van der Waals surface area contributed by atoms with Gasteiger partial charge in [-0.25, -0.2) is 4.39 Å². The molecule has 1 fully saturated rings. The number of carbonyl (C=O) groups is 1. The molecule has 29 heavy (non-hydrogen) atoms. The fraction of sp³-hybridized carbons (Fsp3) is 0.824. The monoisotopic (exact) mass is 459 g/mol. The number of alkyl halides is 5. The molecule has 1 rings (SSSR count). The van der Waals surface area contributed by atoms with E-state index < -0.39 is 51.3 Å². The number of halogens is 5. The van der Waals surface area contributed by atoms with Crippen molar-refractivity contribution in [2.75, 3.05) is 19.2 Å². The number of hydrogen-bond acceptors (Lipinski definition) is 4. The maximum absolute atomic E-state index is 14.7. The summed E-state index contributed by atoms with van der Waals surface area (Å²) in [7, 11) is -2.15. The van der Waals surface area contributed by atoms with Crippen molar-refractivity contribution >= 4 is 33.1 Å². The minimum Gasteiger partial charge on any atom is -0.414 e. The average molecular weight is 460 g/mol. The van der Waals surface area contributed by atoms with Crippen LogP contribution in [-0.2, 0) is 18.7 Å². The van der Waals surface area contributed by atoms with Crippen LogP contribution in [0.25, 0.3) is 0 Å². The van der Waals surface area contributed by atoms with Gasteiger partial charge in [0.25, 0.3) is 0 Å². The summed E-state index contributed by atoms with van der Waals surface area (Å²) in [6.07, 6.45) is -8.08. The van der Waals surface area contributed by atoms with Crippen molar-refractivity contribution in [2.45, 2.75) is 69.5 Å². The lowest BCUT2D eigenvalue weighted by Crippen LogP contribution is -2.44. The summed E-state index contributed by atoms with van der Waals surface area (Å²) >= 11 is 5.60. The lowest BCUT2D eigenvalue weighted by Gasteiger charge is -2.37. The van der Waals surface area contributed by atoms with Crippen LogP contribution < -0.4 is 5.32 Å². The Labute approximate surface area is 175 Å². The van der Waals surface area contributed by atoms with Gasteiger partial charge in [-0.05, 0) is 18.1 Å². The maximum atomic E-state index is 14.7. The fourth-order valence-corrected chi connectivity index (χ4v) is 3.49. The van der Waals surface area contributed by atoms with E-state index in [1.54, 1.807) is 5.32 Å². The molecule has 4 atom stereocenters. The zero-order chi connectivity index (χ0) is 22.5. The first-order valence-corrected chi connectivity index (χ1v) is 12.6. The molecule has 166 valence electrons. The van der Waals surface area contributed by atoms with Crippen molar-refractivity contribution in [3.8, 4) is 11.7 Å². The molecule has 1 N–H and O–H groups in total. The lowest BCUT2D eigenvalue weighted by atomic mass is 9.70. The average Bonchev–Trinajstić information content (AvgIpc) is 2.87. The quantitative estimate of drug-likeness (QED) is 0.275. The van der Waals surface area contributed by atoms with Crippen LogP contribution >= 0.6 is 11.6 Å². The Morgan fingerprint density at radius 3 is 2.45 bits per heavy atom. The molecular formula is C17H27BClF4NO4Si. The molecule has 1 saturated heterocycles. The SMILES string of the molecule is CC(C)(C)[Si](C)(C)OC[C@H]1O[C@@H](BC#CCNC(=O)C(F)(F)F)C(F)C1OCCl. The molecule has 1 aliphatic heterocycles. The largest absolute Gasteiger partial charge is 0.471 e. The van der Waals surface area contributed by atoms with Gasteiger partial charge in [-0.15, -0.1) is 0 Å². The minimum atomic E-state index is -4.97. The van der Waals surface area contributed by atoms with E-state index >= 15 is 0 Å². The summed E-state index contributed by atoms with van der Waals surface area (Å²) < 4.78 is 68.0. The molecule has 1 aliphatic rings. The van der Waals surface area contributed by atoms with Gasteiger partial charge < -0.3 is 19.2 Å². The highest BCUT2D eigenvalue weighted by Gasteiger charge is 2.47. The first-order chi connectivity index (χ1) is 13.2. The number of ether oxygens (including phenoxy) is 2. The van der Waals surface area contributed by atoms with Crippen LogP contribution in [0.1, 0.15) is 20.8 Å². The number of carbonyl (C=O) groups excluding carboxylic acids is 1. The molecule has 0 saturated carbocycles. The third-order valence-electron chi connectivity index (χ3n) is 5.08. The van der Waals surface area contributed by atoms with Crippen molar-refractivity contribution in [2.24, 2.45) is 0 Å². The predicted octanol–water partition coefficient (Wildman–Crippen LogP) is 2.73. The standard InChI is InChI=1S/C17H27BClF4NO4Si/c1-16(2,3)29(4,5)27-9-11-13(26-10-19)12(20)14(28-11)18-7-6-8-24-15(25)17(21,22)23/h11-14,18H,8-10H2,1-5H3,(H,24,25)/t11-,12?,13?,14-/m1/s1. The van der Waals surface area contributed by atoms with Gasteiger partial charge in [-0.2, -0.15) is 19.0 Å². The minimum absolute atomic E-state index is 0.0325. The number of rotatable bonds is 7. The Hall–Kier alpha value is -0.798. The van der Waals surface area contributed by atoms with Gasteiger partial charge in [0.05, 0.1) is 19.2 Å². The Bertz CT molecular complexity index is 621. The molecule has 12 heteroatoms. The zero-order valence-electron chi connectivity index (χ0n) is 17.2. The van der Waals surface area contributed by atoms with Gasteiger partial charge in [0.2, 0.25) is 7.28 Å². The van der Waals surface area contributed by atoms with Crippen molar-refractivity contribution in [3.63, 3.8) is 0 Å². The summed E-state index contributed by atoms with van der Waals surface area (Å²) in [6, 6.07) is -1.14. The van der Waals surface area contributed by atoms with E-state index in [9.17, 15) is 22.4 Å². The molecule has 0 aromatic carbocycles. The Morgan fingerprint density at radius 1 is 1.31 bits per heavy atom. The molecule has 2 unspecified atom stereocenters. The third kappa shape index (κ3) is 7.75. The fourth-order valence-electron chi connectivity index (χ4n) is 2.33. The summed E-state index contributed by atoms with van der Waals surface area (Å²) in [5.74, 6) is 2.80. The normalized spacial score (nSPS) is 25.3. The molecule has 0 spiro atoms. The van der Waals surface area contributed by atoms with Crippen molar-refractivity contribution in [1.29, 1.82) is 0 Å². The second-order valence-electron chi connectivity index (χ2n) is 8.21. The highest BCUT2D eigenvalue weighted by atomic mass is 35.5. The Morgan fingerprint density at radius 2 is 1.93 bits per heavy atom. The van der Waals surface area contributed by atoms with Crippen LogP contribution in [-0.4, -0.2) is 71.3 Å². The lowest BCUT2D eigenvalue weighted by molar-refractivity contribution is -0.173. The van der Waals surface area contributed by atoms with Crippen LogP contribution in [0.4, 0.5) is 17.6 Å². The second kappa shape index (κ2) is 10.5. The van der Waals surface area contributed by atoms with Gasteiger partial charge in [0, 0.05) is 0 Å². The smallest absolute Gasteiger partial charge is 0.414 e. The first kappa shape index (κ1) is 26.2. The highest BCUT2D eigenvalue weighted by Crippen LogP contribution is 2.37. The van der Waals surface area contributed by atoms with Crippen molar-refractivity contribution in [1.82, 2.24) is 5.32 Å². The van der Waals surface area contributed by atoms with Crippen molar-refractivity contribution < 1.29 is 36.3 Å². The van der Waals surface area contributed by atoms with E-state index in [4.69, 9.17) is 25.5 Å². The molecule has 0 aliphatic carbocycles. The van der Waals surface area contributed by atoms with E-state index in [-0.39, 0.29) is 25.0 Å². The Kier molecular flexibility index (Phi) is 9.49. The molecule has 1 heterocycles. The van der Waals surface area contributed by atoms with Crippen LogP contribution in [0.15, 0.2) is 0 Å². The third-order valence-corrected chi connectivity index (χ3v) is 9.70. The van der Waals surface area contributed by atoms with E-state index in [2.05, 4.69) is 45.6 Å². The summed E-state index contributed by atoms with van der Waals surface area (Å²) in [5, 5.41) is 1.59. The predicted molar refractivity (Wildman–Crippen MR) is 106 cm³/mol. The van der Waals surface area contributed by atoms with Crippen LogP contribution in [0.2, 0.25) is 18.1 Å². The molecule has 0 aromatic heterocycles. The maximum Gasteiger partial charge on any atom is 0.471 e. The van der Waals surface area contributed by atoms with Gasteiger partial charge in [-0.1, -0.05) is 38.3 Å². The van der Waals surface area contributed by atoms with Gasteiger partial charge in [-0.3, -0.25) is 4.79 Å². The van der Waals surface area contributed by atoms with E-state index in [0.29, 0.717) is 0 Å². The molecule has 0 radical (unpaired) electrons. The van der Waals surface area contributed by atoms with Crippen molar-refractivity contribution in [3.05, 3.63) is 0 Å². The summed E-state index contributed by atoms with van der Waals surface area (Å²) in [4.78, 5) is 10.7. The topological polar surface area (TPSA) is 56.8 Å².